The third-order valence-corrected chi connectivity index (χ3v) is 5.83. The lowest BCUT2D eigenvalue weighted by molar-refractivity contribution is 0.340. The molecule has 3 aromatic rings. The summed E-state index contributed by atoms with van der Waals surface area (Å²) in [5.74, 6) is 0.585. The Morgan fingerprint density at radius 1 is 1.04 bits per heavy atom. The van der Waals surface area contributed by atoms with E-state index in [0.29, 0.717) is 23.3 Å². The van der Waals surface area contributed by atoms with Crippen LogP contribution in [0.5, 0.6) is 5.75 Å². The van der Waals surface area contributed by atoms with Gasteiger partial charge in [-0.3, -0.25) is 4.79 Å². The Hall–Kier alpha value is -2.60. The van der Waals surface area contributed by atoms with Gasteiger partial charge in [0.25, 0.3) is 0 Å². The first-order valence-corrected chi connectivity index (χ1v) is 9.58. The van der Waals surface area contributed by atoms with Gasteiger partial charge in [-0.25, -0.2) is 8.42 Å². The zero-order valence-corrected chi connectivity index (χ0v) is 14.9. The van der Waals surface area contributed by atoms with E-state index in [1.165, 1.54) is 18.3 Å². The molecule has 0 amide bonds. The average molecular weight is 357 g/mol. The molecule has 1 heterocycles. The molecule has 6 heteroatoms. The maximum atomic E-state index is 12.9. The number of aromatic nitrogens is 1. The fourth-order valence-electron chi connectivity index (χ4n) is 2.67. The van der Waals surface area contributed by atoms with E-state index in [4.69, 9.17) is 4.74 Å². The number of ether oxygens (including phenoxy) is 1. The summed E-state index contributed by atoms with van der Waals surface area (Å²) < 4.78 is 31.0. The summed E-state index contributed by atoms with van der Waals surface area (Å²) in [4.78, 5) is 15.5. The molecule has 1 aromatic heterocycles. The minimum atomic E-state index is -3.91. The van der Waals surface area contributed by atoms with Crippen LogP contribution in [0, 0.1) is 0 Å². The SMILES string of the molecule is CCOc1ccc(S(=O)(=O)c2c[nH]c3ccc(CC)cc3c2=O)cc1. The molecule has 0 unspecified atom stereocenters. The molecule has 0 saturated heterocycles. The van der Waals surface area contributed by atoms with Gasteiger partial charge in [-0.05, 0) is 55.3 Å². The van der Waals surface area contributed by atoms with Gasteiger partial charge in [0.05, 0.1) is 11.5 Å². The molecule has 1 N–H and O–H groups in total. The van der Waals surface area contributed by atoms with Gasteiger partial charge in [0.15, 0.2) is 0 Å². The number of aromatic amines is 1. The summed E-state index contributed by atoms with van der Waals surface area (Å²) in [6.07, 6.45) is 2.04. The van der Waals surface area contributed by atoms with E-state index in [1.54, 1.807) is 24.3 Å². The zero-order chi connectivity index (χ0) is 18.0. The highest BCUT2D eigenvalue weighted by Crippen LogP contribution is 2.22. The van der Waals surface area contributed by atoms with Gasteiger partial charge in [0.2, 0.25) is 15.3 Å². The second-order valence-electron chi connectivity index (χ2n) is 5.62. The zero-order valence-electron chi connectivity index (χ0n) is 14.1. The monoisotopic (exact) mass is 357 g/mol. The van der Waals surface area contributed by atoms with Gasteiger partial charge in [-0.2, -0.15) is 0 Å². The van der Waals surface area contributed by atoms with Crippen LogP contribution in [0.25, 0.3) is 10.9 Å². The van der Waals surface area contributed by atoms with E-state index < -0.39 is 15.3 Å². The summed E-state index contributed by atoms with van der Waals surface area (Å²) >= 11 is 0. The van der Waals surface area contributed by atoms with E-state index in [2.05, 4.69) is 4.98 Å². The number of rotatable bonds is 5. The normalized spacial score (nSPS) is 11.6. The van der Waals surface area contributed by atoms with Crippen LogP contribution in [0.15, 0.2) is 63.2 Å². The van der Waals surface area contributed by atoms with E-state index in [1.807, 2.05) is 19.9 Å². The van der Waals surface area contributed by atoms with Crippen LogP contribution in [0.3, 0.4) is 0 Å². The van der Waals surface area contributed by atoms with Crippen molar-refractivity contribution in [2.24, 2.45) is 0 Å². The number of nitrogens with one attached hydrogen (secondary N) is 1. The Morgan fingerprint density at radius 2 is 1.76 bits per heavy atom. The van der Waals surface area contributed by atoms with Crippen LogP contribution >= 0.6 is 0 Å². The van der Waals surface area contributed by atoms with Crippen molar-refractivity contribution in [3.05, 3.63) is 64.4 Å². The first-order chi connectivity index (χ1) is 12.0. The predicted molar refractivity (Wildman–Crippen MR) is 97.0 cm³/mol. The number of H-pyrrole nitrogens is 1. The summed E-state index contributed by atoms with van der Waals surface area (Å²) in [6, 6.07) is 11.5. The molecule has 0 aliphatic heterocycles. The van der Waals surface area contributed by atoms with Crippen LogP contribution in [-0.2, 0) is 16.3 Å². The average Bonchev–Trinajstić information content (AvgIpc) is 2.62. The maximum Gasteiger partial charge on any atom is 0.211 e. The number of hydrogen-bond donors (Lipinski definition) is 1. The molecule has 5 nitrogen and oxygen atoms in total. The molecule has 0 aliphatic rings. The first-order valence-electron chi connectivity index (χ1n) is 8.09. The summed E-state index contributed by atoms with van der Waals surface area (Å²) in [7, 11) is -3.91. The van der Waals surface area contributed by atoms with E-state index in [9.17, 15) is 13.2 Å². The van der Waals surface area contributed by atoms with Crippen LogP contribution in [0.1, 0.15) is 19.4 Å². The summed E-state index contributed by atoms with van der Waals surface area (Å²) in [6.45, 7) is 4.33. The van der Waals surface area contributed by atoms with Crippen LogP contribution < -0.4 is 10.2 Å². The van der Waals surface area contributed by atoms with Gasteiger partial charge in [0, 0.05) is 17.1 Å². The third kappa shape index (κ3) is 3.17. The van der Waals surface area contributed by atoms with Crippen LogP contribution in [-0.4, -0.2) is 20.0 Å². The molecule has 130 valence electrons. The summed E-state index contributed by atoms with van der Waals surface area (Å²) in [5.41, 5.74) is 1.11. The number of aryl methyl sites for hydroxylation is 1. The second kappa shape index (κ2) is 6.72. The van der Waals surface area contributed by atoms with Crippen molar-refractivity contribution < 1.29 is 13.2 Å². The second-order valence-corrected chi connectivity index (χ2v) is 7.54. The molecular formula is C19H19NO4S. The van der Waals surface area contributed by atoms with Crippen molar-refractivity contribution in [1.29, 1.82) is 0 Å². The molecule has 0 radical (unpaired) electrons. The number of fused-ring (bicyclic) bond motifs is 1. The van der Waals surface area contributed by atoms with E-state index >= 15 is 0 Å². The van der Waals surface area contributed by atoms with E-state index in [0.717, 1.165) is 12.0 Å². The van der Waals surface area contributed by atoms with Crippen molar-refractivity contribution >= 4 is 20.7 Å². The molecule has 0 saturated carbocycles. The third-order valence-electron chi connectivity index (χ3n) is 4.05. The molecule has 2 aromatic carbocycles. The highest BCUT2D eigenvalue weighted by atomic mass is 32.2. The van der Waals surface area contributed by atoms with Crippen molar-refractivity contribution in [2.75, 3.05) is 6.61 Å². The number of sulfone groups is 1. The van der Waals surface area contributed by atoms with Gasteiger partial charge < -0.3 is 9.72 Å². The van der Waals surface area contributed by atoms with Crippen molar-refractivity contribution in [3.8, 4) is 5.75 Å². The highest BCUT2D eigenvalue weighted by molar-refractivity contribution is 7.91. The quantitative estimate of drug-likeness (QED) is 0.760. The molecule has 3 rings (SSSR count). The predicted octanol–water partition coefficient (Wildman–Crippen LogP) is 3.32. The van der Waals surface area contributed by atoms with Gasteiger partial charge in [0.1, 0.15) is 10.6 Å². The molecule has 0 bridgehead atoms. The minimum absolute atomic E-state index is 0.0625. The minimum Gasteiger partial charge on any atom is -0.494 e. The highest BCUT2D eigenvalue weighted by Gasteiger charge is 2.22. The fraction of sp³-hybridized carbons (Fsp3) is 0.211. The number of pyridine rings is 1. The van der Waals surface area contributed by atoms with Gasteiger partial charge in [-0.1, -0.05) is 13.0 Å². The Kier molecular flexibility index (Phi) is 4.63. The van der Waals surface area contributed by atoms with Crippen molar-refractivity contribution in [1.82, 2.24) is 4.98 Å². The molecular weight excluding hydrogens is 338 g/mol. The molecule has 0 atom stereocenters. The lowest BCUT2D eigenvalue weighted by atomic mass is 10.1. The number of benzene rings is 2. The van der Waals surface area contributed by atoms with Crippen molar-refractivity contribution in [3.63, 3.8) is 0 Å². The Balaban J connectivity index is 2.13. The maximum absolute atomic E-state index is 12.9. The van der Waals surface area contributed by atoms with Crippen LogP contribution in [0.4, 0.5) is 0 Å². The lowest BCUT2D eigenvalue weighted by Gasteiger charge is -2.08. The standard InChI is InChI=1S/C19H19NO4S/c1-3-13-5-10-17-16(11-13)19(21)18(12-20-17)25(22,23)15-8-6-14(7-9-15)24-4-2/h5-12H,3-4H2,1-2H3,(H,20,21). The lowest BCUT2D eigenvalue weighted by Crippen LogP contribution is -2.16. The smallest absolute Gasteiger partial charge is 0.211 e. The van der Waals surface area contributed by atoms with Gasteiger partial charge in [-0.15, -0.1) is 0 Å². The van der Waals surface area contributed by atoms with E-state index in [-0.39, 0.29) is 9.79 Å². The Bertz CT molecular complexity index is 1070. The fourth-order valence-corrected chi connectivity index (χ4v) is 3.99. The molecule has 25 heavy (non-hydrogen) atoms. The Labute approximate surface area is 146 Å². The summed E-state index contributed by atoms with van der Waals surface area (Å²) in [5, 5.41) is 0.381. The number of hydrogen-bond acceptors (Lipinski definition) is 4. The Morgan fingerprint density at radius 3 is 2.40 bits per heavy atom. The topological polar surface area (TPSA) is 76.2 Å². The first kappa shape index (κ1) is 17.2. The molecule has 0 aliphatic carbocycles. The largest absolute Gasteiger partial charge is 0.494 e. The van der Waals surface area contributed by atoms with Crippen LogP contribution in [0.2, 0.25) is 0 Å². The van der Waals surface area contributed by atoms with Gasteiger partial charge >= 0.3 is 0 Å². The molecule has 0 spiro atoms. The van der Waals surface area contributed by atoms with Crippen molar-refractivity contribution in [2.45, 2.75) is 30.1 Å². The molecule has 0 fully saturated rings.